The Hall–Kier alpha value is -2.40. The molecule has 0 radical (unpaired) electrons. The number of rotatable bonds is 13. The minimum Gasteiger partial charge on any atom is -0.497 e. The summed E-state index contributed by atoms with van der Waals surface area (Å²) in [7, 11) is 1.67. The van der Waals surface area contributed by atoms with Crippen LogP contribution in [0.15, 0.2) is 48.5 Å². The smallest absolute Gasteiger partial charge is 0.199 e. The van der Waals surface area contributed by atoms with Gasteiger partial charge in [0.25, 0.3) is 0 Å². The first-order valence-corrected chi connectivity index (χ1v) is 12.0. The van der Waals surface area contributed by atoms with Crippen LogP contribution in [0.2, 0.25) is 0 Å². The van der Waals surface area contributed by atoms with Gasteiger partial charge in [0.1, 0.15) is 11.6 Å². The van der Waals surface area contributed by atoms with Gasteiger partial charge < -0.3 is 4.74 Å². The number of nitrogens with zero attached hydrogens (tertiary/aromatic N) is 2. The molecule has 0 spiro atoms. The fourth-order valence-corrected chi connectivity index (χ4v) is 4.19. The zero-order valence-corrected chi connectivity index (χ0v) is 19.7. The number of nitrogens with one attached hydrogen (secondary N) is 1. The molecule has 0 aliphatic carbocycles. The molecule has 166 valence electrons. The van der Waals surface area contributed by atoms with E-state index in [0.717, 1.165) is 30.1 Å². The SMILES string of the molecule is CCCCCCCCCCc1ccc(Cc2n[nH]c(=S)n2-c2cccc(OC)c2)cc1. The van der Waals surface area contributed by atoms with Crippen LogP contribution < -0.4 is 4.74 Å². The predicted molar refractivity (Wildman–Crippen MR) is 131 cm³/mol. The average molecular weight is 438 g/mol. The van der Waals surface area contributed by atoms with Gasteiger partial charge in [-0.15, -0.1) is 0 Å². The van der Waals surface area contributed by atoms with Crippen molar-refractivity contribution in [3.63, 3.8) is 0 Å². The second kappa shape index (κ2) is 12.5. The molecule has 0 saturated carbocycles. The van der Waals surface area contributed by atoms with Crippen LogP contribution in [-0.2, 0) is 12.8 Å². The fourth-order valence-electron chi connectivity index (χ4n) is 3.93. The third-order valence-corrected chi connectivity index (χ3v) is 6.03. The average Bonchev–Trinajstić information content (AvgIpc) is 3.16. The van der Waals surface area contributed by atoms with Gasteiger partial charge in [0.15, 0.2) is 4.77 Å². The first-order valence-electron chi connectivity index (χ1n) is 11.6. The molecule has 0 amide bonds. The summed E-state index contributed by atoms with van der Waals surface area (Å²) in [5.41, 5.74) is 3.61. The molecule has 5 heteroatoms. The highest BCUT2D eigenvalue weighted by Gasteiger charge is 2.10. The molecule has 0 fully saturated rings. The van der Waals surface area contributed by atoms with Gasteiger partial charge in [-0.2, -0.15) is 5.10 Å². The number of benzene rings is 2. The summed E-state index contributed by atoms with van der Waals surface area (Å²) >= 11 is 5.47. The molecule has 31 heavy (non-hydrogen) atoms. The molecule has 3 rings (SSSR count). The second-order valence-electron chi connectivity index (χ2n) is 8.20. The van der Waals surface area contributed by atoms with E-state index in [-0.39, 0.29) is 0 Å². The second-order valence-corrected chi connectivity index (χ2v) is 8.59. The van der Waals surface area contributed by atoms with Crippen LogP contribution in [0.1, 0.15) is 75.2 Å². The van der Waals surface area contributed by atoms with Crippen LogP contribution in [-0.4, -0.2) is 21.9 Å². The Morgan fingerprint density at radius 1 is 0.903 bits per heavy atom. The fraction of sp³-hybridized carbons (Fsp3) is 0.462. The van der Waals surface area contributed by atoms with E-state index >= 15 is 0 Å². The molecule has 4 nitrogen and oxygen atoms in total. The normalized spacial score (nSPS) is 11.0. The van der Waals surface area contributed by atoms with E-state index in [1.807, 2.05) is 28.8 Å². The van der Waals surface area contributed by atoms with Crippen molar-refractivity contribution in [2.24, 2.45) is 0 Å². The third-order valence-electron chi connectivity index (χ3n) is 5.76. The van der Waals surface area contributed by atoms with Crippen LogP contribution in [0, 0.1) is 4.77 Å². The Bertz CT molecular complexity index is 975. The Labute approximate surface area is 191 Å². The number of aryl methyl sites for hydroxylation is 1. The summed E-state index contributed by atoms with van der Waals surface area (Å²) in [6.45, 7) is 2.27. The molecule has 0 atom stereocenters. The molecule has 0 saturated heterocycles. The summed E-state index contributed by atoms with van der Waals surface area (Å²) in [6.07, 6.45) is 12.8. The summed E-state index contributed by atoms with van der Waals surface area (Å²) in [6, 6.07) is 16.8. The largest absolute Gasteiger partial charge is 0.497 e. The number of hydrogen-bond acceptors (Lipinski definition) is 3. The van der Waals surface area contributed by atoms with E-state index in [1.54, 1.807) is 7.11 Å². The van der Waals surface area contributed by atoms with E-state index in [2.05, 4.69) is 41.4 Å². The lowest BCUT2D eigenvalue weighted by Gasteiger charge is -2.09. The first-order chi connectivity index (χ1) is 15.2. The van der Waals surface area contributed by atoms with E-state index in [4.69, 9.17) is 17.0 Å². The topological polar surface area (TPSA) is 42.8 Å². The van der Waals surface area contributed by atoms with Crippen LogP contribution >= 0.6 is 12.2 Å². The van der Waals surface area contributed by atoms with Gasteiger partial charge in [-0.25, -0.2) is 0 Å². The molecule has 1 heterocycles. The monoisotopic (exact) mass is 437 g/mol. The maximum Gasteiger partial charge on any atom is 0.199 e. The van der Waals surface area contributed by atoms with E-state index in [0.29, 0.717) is 4.77 Å². The van der Waals surface area contributed by atoms with Gasteiger partial charge in [-0.3, -0.25) is 9.67 Å². The standard InChI is InChI=1S/C26H35N3OS/c1-3-4-5-6-7-8-9-10-12-21-15-17-22(18-16-21)19-25-27-28-26(31)29(25)23-13-11-14-24(20-23)30-2/h11,13-18,20H,3-10,12,19H2,1-2H3,(H,28,31). The third kappa shape index (κ3) is 7.06. The number of hydrogen-bond donors (Lipinski definition) is 1. The van der Waals surface area contributed by atoms with Gasteiger partial charge >= 0.3 is 0 Å². The van der Waals surface area contributed by atoms with Gasteiger partial charge in [0.2, 0.25) is 0 Å². The van der Waals surface area contributed by atoms with Gasteiger partial charge in [-0.1, -0.05) is 82.2 Å². The van der Waals surface area contributed by atoms with Crippen molar-refractivity contribution in [1.82, 2.24) is 14.8 Å². The van der Waals surface area contributed by atoms with Crippen molar-refractivity contribution in [2.75, 3.05) is 7.11 Å². The highest BCUT2D eigenvalue weighted by molar-refractivity contribution is 7.71. The highest BCUT2D eigenvalue weighted by atomic mass is 32.1. The molecule has 2 aromatic carbocycles. The zero-order chi connectivity index (χ0) is 21.9. The maximum absolute atomic E-state index is 5.47. The minimum absolute atomic E-state index is 0.592. The van der Waals surface area contributed by atoms with Crippen LogP contribution in [0.3, 0.4) is 0 Å². The summed E-state index contributed by atoms with van der Waals surface area (Å²) in [4.78, 5) is 0. The number of aromatic amines is 1. The Morgan fingerprint density at radius 2 is 1.58 bits per heavy atom. The zero-order valence-electron chi connectivity index (χ0n) is 18.9. The molecule has 1 N–H and O–H groups in total. The quantitative estimate of drug-likeness (QED) is 0.227. The van der Waals surface area contributed by atoms with Crippen molar-refractivity contribution >= 4 is 12.2 Å². The number of methoxy groups -OCH3 is 1. The lowest BCUT2D eigenvalue weighted by molar-refractivity contribution is 0.414. The Balaban J connectivity index is 1.53. The molecular formula is C26H35N3OS. The van der Waals surface area contributed by atoms with Crippen LogP contribution in [0.5, 0.6) is 5.75 Å². The lowest BCUT2D eigenvalue weighted by Crippen LogP contribution is -2.03. The van der Waals surface area contributed by atoms with Crippen LogP contribution in [0.4, 0.5) is 0 Å². The molecule has 0 aliphatic rings. The van der Waals surface area contributed by atoms with Crippen LogP contribution in [0.25, 0.3) is 5.69 Å². The molecule has 0 bridgehead atoms. The summed E-state index contributed by atoms with van der Waals surface area (Å²) in [5, 5.41) is 7.40. The minimum atomic E-state index is 0.592. The van der Waals surface area contributed by atoms with Gasteiger partial charge in [-0.05, 0) is 48.3 Å². The predicted octanol–water partition coefficient (Wildman–Crippen LogP) is 7.21. The van der Waals surface area contributed by atoms with Crippen molar-refractivity contribution in [2.45, 2.75) is 71.1 Å². The Morgan fingerprint density at radius 3 is 2.29 bits per heavy atom. The number of ether oxygens (including phenoxy) is 1. The molecule has 1 aromatic heterocycles. The summed E-state index contributed by atoms with van der Waals surface area (Å²) in [5.74, 6) is 1.70. The molecule has 0 unspecified atom stereocenters. The molecular weight excluding hydrogens is 402 g/mol. The van der Waals surface area contributed by atoms with Crippen molar-refractivity contribution in [3.8, 4) is 11.4 Å². The number of aromatic nitrogens is 3. The van der Waals surface area contributed by atoms with Gasteiger partial charge in [0, 0.05) is 12.5 Å². The van der Waals surface area contributed by atoms with E-state index < -0.39 is 0 Å². The number of H-pyrrole nitrogens is 1. The summed E-state index contributed by atoms with van der Waals surface area (Å²) < 4.78 is 7.93. The van der Waals surface area contributed by atoms with Crippen molar-refractivity contribution in [1.29, 1.82) is 0 Å². The van der Waals surface area contributed by atoms with E-state index in [9.17, 15) is 0 Å². The van der Waals surface area contributed by atoms with Crippen molar-refractivity contribution < 1.29 is 4.74 Å². The van der Waals surface area contributed by atoms with E-state index in [1.165, 1.54) is 62.5 Å². The first kappa shape index (κ1) is 23.3. The molecule has 3 aromatic rings. The Kier molecular flexibility index (Phi) is 9.35. The lowest BCUT2D eigenvalue weighted by atomic mass is 10.0. The van der Waals surface area contributed by atoms with Crippen molar-refractivity contribution in [3.05, 3.63) is 70.3 Å². The highest BCUT2D eigenvalue weighted by Crippen LogP contribution is 2.20. The maximum atomic E-state index is 5.47. The molecule has 0 aliphatic heterocycles. The number of unbranched alkanes of at least 4 members (excludes halogenated alkanes) is 7. The van der Waals surface area contributed by atoms with Gasteiger partial charge in [0.05, 0.1) is 12.8 Å².